The number of carboxylic acid groups (broad SMARTS) is 1. The number of nitrogens with zero attached hydrogens (tertiary/aromatic N) is 2. The number of aromatic carboxylic acids is 1. The van der Waals surface area contributed by atoms with Gasteiger partial charge in [-0.2, -0.15) is 11.8 Å². The normalized spacial score (nSPS) is 12.6. The third-order valence-electron chi connectivity index (χ3n) is 2.69. The summed E-state index contributed by atoms with van der Waals surface area (Å²) in [6.07, 6.45) is 3.73. The van der Waals surface area contributed by atoms with E-state index < -0.39 is 5.97 Å². The second-order valence-corrected chi connectivity index (χ2v) is 5.25. The maximum absolute atomic E-state index is 11.3. The third-order valence-corrected chi connectivity index (χ3v) is 3.66. The second kappa shape index (κ2) is 5.30. The minimum Gasteiger partial charge on any atom is -0.476 e. The van der Waals surface area contributed by atoms with Crippen molar-refractivity contribution < 1.29 is 9.90 Å². The average Bonchev–Trinajstić information content (AvgIpc) is 2.74. The molecule has 18 heavy (non-hydrogen) atoms. The summed E-state index contributed by atoms with van der Waals surface area (Å²) in [5.41, 5.74) is 0.813. The van der Waals surface area contributed by atoms with Crippen molar-refractivity contribution in [2.24, 2.45) is 0 Å². The zero-order valence-corrected chi connectivity index (χ0v) is 11.1. The van der Waals surface area contributed by atoms with Crippen molar-refractivity contribution >= 4 is 29.2 Å². The van der Waals surface area contributed by atoms with E-state index in [1.807, 2.05) is 12.3 Å². The summed E-state index contributed by atoms with van der Waals surface area (Å²) in [7, 11) is 0. The van der Waals surface area contributed by atoms with Gasteiger partial charge in [-0.1, -0.05) is 13.0 Å². The maximum Gasteiger partial charge on any atom is 0.356 e. The Kier molecular flexibility index (Phi) is 3.76. The Hall–Kier alpha value is -1.69. The number of anilines is 1. The third kappa shape index (κ3) is 2.43. The van der Waals surface area contributed by atoms with E-state index in [1.165, 1.54) is 0 Å². The van der Waals surface area contributed by atoms with Crippen LogP contribution in [-0.4, -0.2) is 38.5 Å². The molecule has 0 aliphatic carbocycles. The van der Waals surface area contributed by atoms with Crippen molar-refractivity contribution in [3.05, 3.63) is 30.1 Å². The van der Waals surface area contributed by atoms with Crippen LogP contribution in [0.15, 0.2) is 24.4 Å². The van der Waals surface area contributed by atoms with Crippen molar-refractivity contribution in [2.45, 2.75) is 12.2 Å². The number of nitrogens with one attached hydrogen (secondary N) is 1. The van der Waals surface area contributed by atoms with Crippen molar-refractivity contribution in [3.63, 3.8) is 0 Å². The van der Waals surface area contributed by atoms with Crippen molar-refractivity contribution in [3.8, 4) is 0 Å². The molecule has 96 valence electrons. The van der Waals surface area contributed by atoms with Crippen molar-refractivity contribution in [1.82, 2.24) is 9.38 Å². The Morgan fingerprint density at radius 2 is 2.39 bits per heavy atom. The van der Waals surface area contributed by atoms with Crippen LogP contribution in [0.3, 0.4) is 0 Å². The molecule has 0 fully saturated rings. The van der Waals surface area contributed by atoms with E-state index in [9.17, 15) is 9.90 Å². The molecule has 0 radical (unpaired) electrons. The van der Waals surface area contributed by atoms with Gasteiger partial charge < -0.3 is 10.4 Å². The molecule has 2 N–H and O–H groups in total. The molecule has 0 aliphatic rings. The van der Waals surface area contributed by atoms with Gasteiger partial charge in [0.25, 0.3) is 0 Å². The molecule has 0 aromatic carbocycles. The average molecular weight is 265 g/mol. The molecule has 2 aromatic heterocycles. The predicted molar refractivity (Wildman–Crippen MR) is 73.6 cm³/mol. The molecule has 0 saturated carbocycles. The highest BCUT2D eigenvalue weighted by molar-refractivity contribution is 7.99. The summed E-state index contributed by atoms with van der Waals surface area (Å²) in [6.45, 7) is 2.76. The van der Waals surface area contributed by atoms with Gasteiger partial charge >= 0.3 is 5.97 Å². The van der Waals surface area contributed by atoms with Gasteiger partial charge in [0.05, 0.1) is 0 Å². The van der Waals surface area contributed by atoms with Crippen LogP contribution >= 0.6 is 11.8 Å². The lowest BCUT2D eigenvalue weighted by Gasteiger charge is -2.09. The smallest absolute Gasteiger partial charge is 0.356 e. The first-order valence-corrected chi connectivity index (χ1v) is 6.89. The van der Waals surface area contributed by atoms with Gasteiger partial charge in [-0.3, -0.25) is 4.40 Å². The largest absolute Gasteiger partial charge is 0.476 e. The number of rotatable bonds is 5. The summed E-state index contributed by atoms with van der Waals surface area (Å²) in [6, 6.07) is 5.41. The number of hydrogen-bond acceptors (Lipinski definition) is 4. The first-order valence-electron chi connectivity index (χ1n) is 5.60. The molecule has 0 saturated heterocycles. The molecule has 6 heteroatoms. The summed E-state index contributed by atoms with van der Waals surface area (Å²) in [5.74, 6) is -0.553. The van der Waals surface area contributed by atoms with Gasteiger partial charge in [0.2, 0.25) is 0 Å². The number of carbonyl (C=O) groups is 1. The van der Waals surface area contributed by atoms with Crippen LogP contribution in [0.1, 0.15) is 17.4 Å². The van der Waals surface area contributed by atoms with Crippen LogP contribution < -0.4 is 5.32 Å². The Labute approximate surface area is 109 Å². The van der Waals surface area contributed by atoms with E-state index in [-0.39, 0.29) is 5.69 Å². The first kappa shape index (κ1) is 12.8. The van der Waals surface area contributed by atoms with E-state index >= 15 is 0 Å². The number of aromatic nitrogens is 2. The van der Waals surface area contributed by atoms with Crippen LogP contribution in [-0.2, 0) is 0 Å². The highest BCUT2D eigenvalue weighted by Crippen LogP contribution is 2.18. The highest BCUT2D eigenvalue weighted by Gasteiger charge is 2.18. The fourth-order valence-corrected chi connectivity index (χ4v) is 1.90. The summed E-state index contributed by atoms with van der Waals surface area (Å²) in [4.78, 5) is 15.6. The molecular weight excluding hydrogens is 250 g/mol. The quantitative estimate of drug-likeness (QED) is 0.867. The van der Waals surface area contributed by atoms with Gasteiger partial charge in [-0.15, -0.1) is 0 Å². The minimum atomic E-state index is -0.979. The second-order valence-electron chi connectivity index (χ2n) is 3.97. The summed E-state index contributed by atoms with van der Waals surface area (Å²) < 4.78 is 1.58. The topological polar surface area (TPSA) is 66.6 Å². The maximum atomic E-state index is 11.3. The Bertz CT molecular complexity index is 567. The molecule has 5 nitrogen and oxygen atoms in total. The molecule has 0 spiro atoms. The fourth-order valence-electron chi connectivity index (χ4n) is 1.65. The number of imidazole rings is 1. The Morgan fingerprint density at radius 1 is 1.61 bits per heavy atom. The predicted octanol–water partition coefficient (Wildman–Crippen LogP) is 2.20. The van der Waals surface area contributed by atoms with E-state index in [0.29, 0.717) is 23.3 Å². The molecular formula is C12H15N3O2S. The lowest BCUT2D eigenvalue weighted by molar-refractivity contribution is 0.0690. The fraction of sp³-hybridized carbons (Fsp3) is 0.333. The first-order chi connectivity index (χ1) is 8.63. The van der Waals surface area contributed by atoms with E-state index in [2.05, 4.69) is 17.2 Å². The lowest BCUT2D eigenvalue weighted by atomic mass is 10.4. The molecule has 2 heterocycles. The molecule has 0 bridgehead atoms. The van der Waals surface area contributed by atoms with Gasteiger partial charge in [0, 0.05) is 18.0 Å². The van der Waals surface area contributed by atoms with Crippen LogP contribution in [0.2, 0.25) is 0 Å². The number of pyridine rings is 1. The van der Waals surface area contributed by atoms with E-state index in [1.54, 1.807) is 34.5 Å². The van der Waals surface area contributed by atoms with Gasteiger partial charge in [0.15, 0.2) is 11.5 Å². The molecule has 0 amide bonds. The molecule has 1 atom stereocenters. The number of hydrogen-bond donors (Lipinski definition) is 2. The Morgan fingerprint density at radius 3 is 3.06 bits per heavy atom. The Balaban J connectivity index is 2.37. The van der Waals surface area contributed by atoms with E-state index in [4.69, 9.17) is 0 Å². The lowest BCUT2D eigenvalue weighted by Crippen LogP contribution is -2.15. The zero-order chi connectivity index (χ0) is 13.1. The SMILES string of the molecule is CSC(C)CNc1nc2ccccn2c1C(=O)O. The monoisotopic (exact) mass is 265 g/mol. The van der Waals surface area contributed by atoms with Crippen LogP contribution in [0.5, 0.6) is 0 Å². The number of carboxylic acids is 1. The van der Waals surface area contributed by atoms with Crippen LogP contribution in [0.25, 0.3) is 5.65 Å². The molecule has 1 unspecified atom stereocenters. The zero-order valence-electron chi connectivity index (χ0n) is 10.3. The van der Waals surface area contributed by atoms with Gasteiger partial charge in [-0.05, 0) is 18.4 Å². The highest BCUT2D eigenvalue weighted by atomic mass is 32.2. The molecule has 2 rings (SSSR count). The van der Waals surface area contributed by atoms with Crippen molar-refractivity contribution in [1.29, 1.82) is 0 Å². The standard InChI is InChI=1S/C12H15N3O2S/c1-8(18-2)7-13-11-10(12(16)17)15-6-4-3-5-9(15)14-11/h3-6,8,13H,7H2,1-2H3,(H,16,17). The summed E-state index contributed by atoms with van der Waals surface area (Å²) >= 11 is 1.72. The van der Waals surface area contributed by atoms with Crippen LogP contribution in [0, 0.1) is 0 Å². The van der Waals surface area contributed by atoms with Gasteiger partial charge in [-0.25, -0.2) is 9.78 Å². The molecule has 0 aliphatic heterocycles. The summed E-state index contributed by atoms with van der Waals surface area (Å²) in [5, 5.41) is 12.8. The van der Waals surface area contributed by atoms with Crippen molar-refractivity contribution in [2.75, 3.05) is 18.1 Å². The molecule has 2 aromatic rings. The van der Waals surface area contributed by atoms with E-state index in [0.717, 1.165) is 0 Å². The number of fused-ring (bicyclic) bond motifs is 1. The van der Waals surface area contributed by atoms with Crippen LogP contribution in [0.4, 0.5) is 5.82 Å². The minimum absolute atomic E-state index is 0.180. The number of thioether (sulfide) groups is 1. The van der Waals surface area contributed by atoms with Gasteiger partial charge in [0.1, 0.15) is 5.65 Å².